The average Bonchev–Trinajstić information content (AvgIpc) is 2.66. The highest BCUT2D eigenvalue weighted by molar-refractivity contribution is 7.94. The molecule has 0 unspecified atom stereocenters. The SMILES string of the molecule is COCCCNS(=O)(=O)c1ccc(N2C(=O)C(C)(C)CS2(=O)=O)cc1C. The van der Waals surface area contributed by atoms with E-state index in [1.54, 1.807) is 20.8 Å². The number of sulfonamides is 2. The molecule has 0 saturated carbocycles. The molecule has 0 radical (unpaired) electrons. The lowest BCUT2D eigenvalue weighted by Crippen LogP contribution is -2.33. The minimum absolute atomic E-state index is 0.0435. The number of hydrogen-bond donors (Lipinski definition) is 1. The van der Waals surface area contributed by atoms with Crippen LogP contribution in [0.25, 0.3) is 0 Å². The lowest BCUT2D eigenvalue weighted by atomic mass is 9.95. The molecule has 10 heteroatoms. The molecular formula is C16H24N2O6S2. The third-order valence-corrected chi connectivity index (χ3v) is 7.73. The highest BCUT2D eigenvalue weighted by atomic mass is 32.2. The van der Waals surface area contributed by atoms with Crippen molar-refractivity contribution in [1.29, 1.82) is 0 Å². The summed E-state index contributed by atoms with van der Waals surface area (Å²) < 4.78 is 57.6. The van der Waals surface area contributed by atoms with Gasteiger partial charge in [-0.1, -0.05) is 0 Å². The van der Waals surface area contributed by atoms with Crippen molar-refractivity contribution in [3.8, 4) is 0 Å². The molecular weight excluding hydrogens is 380 g/mol. The second-order valence-corrected chi connectivity index (χ2v) is 10.5. The van der Waals surface area contributed by atoms with Crippen LogP contribution in [0.3, 0.4) is 0 Å². The van der Waals surface area contributed by atoms with Crippen LogP contribution in [-0.2, 0) is 29.6 Å². The highest BCUT2D eigenvalue weighted by Crippen LogP contribution is 2.36. The van der Waals surface area contributed by atoms with E-state index in [2.05, 4.69) is 4.72 Å². The van der Waals surface area contributed by atoms with Crippen molar-refractivity contribution >= 4 is 31.6 Å². The molecule has 1 amide bonds. The molecule has 0 bridgehead atoms. The van der Waals surface area contributed by atoms with Gasteiger partial charge in [-0.25, -0.2) is 25.9 Å². The van der Waals surface area contributed by atoms with Crippen LogP contribution in [0.5, 0.6) is 0 Å². The standard InChI is InChI=1S/C16H24N2O6S2/c1-12-10-13(18-15(19)16(2,3)11-25(18,20)21)6-7-14(12)26(22,23)17-8-5-9-24-4/h6-7,10,17H,5,8-9,11H2,1-4H3. The smallest absolute Gasteiger partial charge is 0.247 e. The first kappa shape index (κ1) is 20.8. The maximum Gasteiger partial charge on any atom is 0.247 e. The van der Waals surface area contributed by atoms with Gasteiger partial charge in [-0.3, -0.25) is 4.79 Å². The minimum Gasteiger partial charge on any atom is -0.385 e. The van der Waals surface area contributed by atoms with Crippen molar-refractivity contribution < 1.29 is 26.4 Å². The van der Waals surface area contributed by atoms with E-state index < -0.39 is 31.4 Å². The number of ether oxygens (including phenoxy) is 1. The average molecular weight is 405 g/mol. The van der Waals surface area contributed by atoms with Crippen molar-refractivity contribution in [1.82, 2.24) is 4.72 Å². The van der Waals surface area contributed by atoms with E-state index in [0.717, 1.165) is 4.31 Å². The predicted octanol–water partition coefficient (Wildman–Crippen LogP) is 1.01. The summed E-state index contributed by atoms with van der Waals surface area (Å²) in [6, 6.07) is 4.06. The number of carbonyl (C=O) groups excluding carboxylic acids is 1. The van der Waals surface area contributed by atoms with E-state index >= 15 is 0 Å². The number of carbonyl (C=O) groups is 1. The van der Waals surface area contributed by atoms with Gasteiger partial charge in [-0.2, -0.15) is 0 Å². The summed E-state index contributed by atoms with van der Waals surface area (Å²) >= 11 is 0. The largest absolute Gasteiger partial charge is 0.385 e. The fourth-order valence-corrected chi connectivity index (χ4v) is 6.22. The molecule has 1 saturated heterocycles. The van der Waals surface area contributed by atoms with Gasteiger partial charge in [0.15, 0.2) is 0 Å². The summed E-state index contributed by atoms with van der Waals surface area (Å²) in [7, 11) is -5.98. The third kappa shape index (κ3) is 4.08. The van der Waals surface area contributed by atoms with Crippen LogP contribution < -0.4 is 9.03 Å². The Labute approximate surface area is 154 Å². The third-order valence-electron chi connectivity index (χ3n) is 4.08. The van der Waals surface area contributed by atoms with E-state index in [9.17, 15) is 21.6 Å². The maximum absolute atomic E-state index is 12.4. The second kappa shape index (κ2) is 7.26. The number of hydrogen-bond acceptors (Lipinski definition) is 6. The molecule has 1 heterocycles. The molecule has 2 rings (SSSR count). The van der Waals surface area contributed by atoms with Crippen LogP contribution in [0.2, 0.25) is 0 Å². The Bertz CT molecular complexity index is 907. The summed E-state index contributed by atoms with van der Waals surface area (Å²) in [4.78, 5) is 12.5. The first-order valence-electron chi connectivity index (χ1n) is 8.09. The minimum atomic E-state index is -3.78. The lowest BCUT2D eigenvalue weighted by molar-refractivity contribution is -0.123. The molecule has 26 heavy (non-hydrogen) atoms. The fourth-order valence-electron chi connectivity index (χ4n) is 2.82. The number of amides is 1. The number of anilines is 1. The molecule has 0 aliphatic carbocycles. The van der Waals surface area contributed by atoms with Crippen molar-refractivity contribution in [2.45, 2.75) is 32.1 Å². The van der Waals surface area contributed by atoms with Gasteiger partial charge in [0.1, 0.15) is 0 Å². The second-order valence-electron chi connectivity index (χ2n) is 6.90. The van der Waals surface area contributed by atoms with E-state index in [1.165, 1.54) is 25.3 Å². The Morgan fingerprint density at radius 2 is 1.96 bits per heavy atom. The van der Waals surface area contributed by atoms with Gasteiger partial charge in [-0.15, -0.1) is 0 Å². The Morgan fingerprint density at radius 3 is 2.46 bits per heavy atom. The zero-order chi connectivity index (χ0) is 19.8. The van der Waals surface area contributed by atoms with Gasteiger partial charge in [0.05, 0.1) is 21.8 Å². The summed E-state index contributed by atoms with van der Waals surface area (Å²) in [5, 5.41) is 0. The maximum atomic E-state index is 12.4. The molecule has 0 spiro atoms. The Morgan fingerprint density at radius 1 is 1.31 bits per heavy atom. The van der Waals surface area contributed by atoms with E-state index in [-0.39, 0.29) is 22.9 Å². The number of aryl methyl sites for hydroxylation is 1. The van der Waals surface area contributed by atoms with Crippen LogP contribution in [0.15, 0.2) is 23.1 Å². The van der Waals surface area contributed by atoms with Gasteiger partial charge in [0, 0.05) is 20.3 Å². The predicted molar refractivity (Wildman–Crippen MR) is 97.9 cm³/mol. The van der Waals surface area contributed by atoms with Crippen molar-refractivity contribution in [2.24, 2.45) is 5.41 Å². The summed E-state index contributed by atoms with van der Waals surface area (Å²) in [5.74, 6) is -0.802. The number of nitrogens with one attached hydrogen (secondary N) is 1. The summed E-state index contributed by atoms with van der Waals surface area (Å²) in [6.07, 6.45) is 0.530. The molecule has 1 aliphatic heterocycles. The number of rotatable bonds is 7. The summed E-state index contributed by atoms with van der Waals surface area (Å²) in [6.45, 7) is 5.37. The molecule has 0 atom stereocenters. The first-order chi connectivity index (χ1) is 11.9. The van der Waals surface area contributed by atoms with Gasteiger partial charge in [0.2, 0.25) is 26.0 Å². The van der Waals surface area contributed by atoms with E-state index in [4.69, 9.17) is 4.74 Å². The number of nitrogens with zero attached hydrogens (tertiary/aromatic N) is 1. The molecule has 1 aromatic carbocycles. The number of benzene rings is 1. The normalized spacial score (nSPS) is 19.1. The zero-order valence-electron chi connectivity index (χ0n) is 15.3. The Hall–Kier alpha value is -1.49. The van der Waals surface area contributed by atoms with Crippen LogP contribution in [0, 0.1) is 12.3 Å². The molecule has 8 nitrogen and oxygen atoms in total. The van der Waals surface area contributed by atoms with Gasteiger partial charge < -0.3 is 4.74 Å². The topological polar surface area (TPSA) is 110 Å². The molecule has 146 valence electrons. The summed E-state index contributed by atoms with van der Waals surface area (Å²) in [5.41, 5.74) is -0.508. The first-order valence-corrected chi connectivity index (χ1v) is 11.2. The quantitative estimate of drug-likeness (QED) is 0.679. The van der Waals surface area contributed by atoms with Crippen LogP contribution in [0.1, 0.15) is 25.8 Å². The van der Waals surface area contributed by atoms with Gasteiger partial charge in [-0.05, 0) is 51.0 Å². The van der Waals surface area contributed by atoms with Crippen LogP contribution in [0.4, 0.5) is 5.69 Å². The van der Waals surface area contributed by atoms with Gasteiger partial charge >= 0.3 is 0 Å². The highest BCUT2D eigenvalue weighted by Gasteiger charge is 2.50. The molecule has 1 N–H and O–H groups in total. The van der Waals surface area contributed by atoms with Crippen LogP contribution >= 0.6 is 0 Å². The Balaban J connectivity index is 2.32. The van der Waals surface area contributed by atoms with E-state index in [0.29, 0.717) is 18.6 Å². The molecule has 1 aliphatic rings. The lowest BCUT2D eigenvalue weighted by Gasteiger charge is -2.19. The van der Waals surface area contributed by atoms with Gasteiger partial charge in [0.25, 0.3) is 0 Å². The van der Waals surface area contributed by atoms with Crippen LogP contribution in [-0.4, -0.2) is 48.8 Å². The zero-order valence-corrected chi connectivity index (χ0v) is 16.9. The molecule has 1 fully saturated rings. The monoisotopic (exact) mass is 404 g/mol. The number of methoxy groups -OCH3 is 1. The van der Waals surface area contributed by atoms with E-state index in [1.807, 2.05) is 0 Å². The Kier molecular flexibility index (Phi) is 5.81. The molecule has 0 aromatic heterocycles. The fraction of sp³-hybridized carbons (Fsp3) is 0.562. The van der Waals surface area contributed by atoms with Crippen molar-refractivity contribution in [2.75, 3.05) is 30.3 Å². The van der Waals surface area contributed by atoms with Crippen molar-refractivity contribution in [3.63, 3.8) is 0 Å². The molecule has 1 aromatic rings. The van der Waals surface area contributed by atoms with Crippen molar-refractivity contribution in [3.05, 3.63) is 23.8 Å².